The van der Waals surface area contributed by atoms with Gasteiger partial charge in [0, 0.05) is 5.56 Å². The molecule has 0 aromatic heterocycles. The maximum atomic E-state index is 11.7. The SMILES string of the molecule is Cc1cc(CC(=O)OCCO)cc(C2(C)CCCCC2)c1O. The van der Waals surface area contributed by atoms with E-state index in [9.17, 15) is 9.90 Å². The van der Waals surface area contributed by atoms with Crippen LogP contribution in [0.15, 0.2) is 12.1 Å². The zero-order chi connectivity index (χ0) is 16.2. The smallest absolute Gasteiger partial charge is 0.310 e. The fourth-order valence-electron chi connectivity index (χ4n) is 3.40. The van der Waals surface area contributed by atoms with Crippen LogP contribution in [0.25, 0.3) is 0 Å². The molecule has 0 heterocycles. The Balaban J connectivity index is 2.25. The van der Waals surface area contributed by atoms with Crippen LogP contribution in [0.3, 0.4) is 0 Å². The molecule has 4 heteroatoms. The van der Waals surface area contributed by atoms with Crippen molar-refractivity contribution in [3.05, 3.63) is 28.8 Å². The Labute approximate surface area is 132 Å². The minimum Gasteiger partial charge on any atom is -0.507 e. The first kappa shape index (κ1) is 16.8. The van der Waals surface area contributed by atoms with E-state index in [0.29, 0.717) is 5.75 Å². The molecular weight excluding hydrogens is 280 g/mol. The number of carbonyl (C=O) groups excluding carboxylic acids is 1. The predicted molar refractivity (Wildman–Crippen MR) is 85.0 cm³/mol. The third kappa shape index (κ3) is 3.80. The molecule has 0 radical (unpaired) electrons. The number of carbonyl (C=O) groups is 1. The summed E-state index contributed by atoms with van der Waals surface area (Å²) in [6, 6.07) is 3.79. The molecule has 0 unspecified atom stereocenters. The number of aliphatic hydroxyl groups excluding tert-OH is 1. The van der Waals surface area contributed by atoms with Gasteiger partial charge in [0.25, 0.3) is 0 Å². The number of hydrogen-bond acceptors (Lipinski definition) is 4. The van der Waals surface area contributed by atoms with Crippen LogP contribution < -0.4 is 0 Å². The summed E-state index contributed by atoms with van der Waals surface area (Å²) in [5.74, 6) is 0.00997. The second-order valence-electron chi connectivity index (χ2n) is 6.55. The molecule has 1 aliphatic carbocycles. The number of rotatable bonds is 5. The lowest BCUT2D eigenvalue weighted by Crippen LogP contribution is -2.25. The summed E-state index contributed by atoms with van der Waals surface area (Å²) < 4.78 is 4.92. The van der Waals surface area contributed by atoms with Crippen LogP contribution in [-0.4, -0.2) is 29.4 Å². The van der Waals surface area contributed by atoms with E-state index in [1.165, 1.54) is 19.3 Å². The highest BCUT2D eigenvalue weighted by atomic mass is 16.5. The summed E-state index contributed by atoms with van der Waals surface area (Å²) in [6.45, 7) is 3.94. The van der Waals surface area contributed by atoms with Crippen LogP contribution in [0, 0.1) is 6.92 Å². The quantitative estimate of drug-likeness (QED) is 0.821. The van der Waals surface area contributed by atoms with E-state index in [1.54, 1.807) is 0 Å². The summed E-state index contributed by atoms with van der Waals surface area (Å²) in [5.41, 5.74) is 2.60. The number of aliphatic hydroxyl groups is 1. The summed E-state index contributed by atoms with van der Waals surface area (Å²) in [7, 11) is 0. The van der Waals surface area contributed by atoms with Crippen molar-refractivity contribution in [1.29, 1.82) is 0 Å². The Kier molecular flexibility index (Phi) is 5.46. The Bertz CT molecular complexity index is 530. The number of phenols is 1. The van der Waals surface area contributed by atoms with Gasteiger partial charge in [-0.2, -0.15) is 0 Å². The van der Waals surface area contributed by atoms with Gasteiger partial charge in [0.2, 0.25) is 0 Å². The standard InChI is InChI=1S/C18H26O4/c1-13-10-14(12-16(20)22-9-8-19)11-15(17(13)21)18(2)6-4-3-5-7-18/h10-11,19,21H,3-9,12H2,1-2H3. The molecule has 1 aromatic carbocycles. The van der Waals surface area contributed by atoms with Crippen molar-refractivity contribution >= 4 is 5.97 Å². The Morgan fingerprint density at radius 2 is 1.95 bits per heavy atom. The van der Waals surface area contributed by atoms with Crippen LogP contribution in [0.1, 0.15) is 55.7 Å². The first-order valence-electron chi connectivity index (χ1n) is 8.06. The molecule has 0 spiro atoms. The molecule has 1 saturated carbocycles. The highest BCUT2D eigenvalue weighted by Gasteiger charge is 2.32. The van der Waals surface area contributed by atoms with Crippen molar-refractivity contribution in [3.63, 3.8) is 0 Å². The largest absolute Gasteiger partial charge is 0.507 e. The molecule has 0 aliphatic heterocycles. The van der Waals surface area contributed by atoms with Gasteiger partial charge in [-0.1, -0.05) is 38.3 Å². The third-order valence-electron chi connectivity index (χ3n) is 4.67. The van der Waals surface area contributed by atoms with Crippen LogP contribution >= 0.6 is 0 Å². The second kappa shape index (κ2) is 7.14. The van der Waals surface area contributed by atoms with Gasteiger partial charge in [-0.05, 0) is 36.3 Å². The van der Waals surface area contributed by atoms with E-state index in [-0.39, 0.29) is 31.0 Å². The molecule has 0 bridgehead atoms. The average Bonchev–Trinajstić information content (AvgIpc) is 2.49. The monoisotopic (exact) mass is 306 g/mol. The van der Waals surface area contributed by atoms with Crippen LogP contribution in [0.4, 0.5) is 0 Å². The molecule has 0 saturated heterocycles. The van der Waals surface area contributed by atoms with Crippen molar-refractivity contribution in [2.75, 3.05) is 13.2 Å². The van der Waals surface area contributed by atoms with E-state index in [2.05, 4.69) is 6.92 Å². The predicted octanol–water partition coefficient (Wildman–Crippen LogP) is 3.00. The molecule has 122 valence electrons. The molecule has 0 atom stereocenters. The minimum absolute atomic E-state index is 0.0158. The van der Waals surface area contributed by atoms with Gasteiger partial charge >= 0.3 is 5.97 Å². The van der Waals surface area contributed by atoms with E-state index in [0.717, 1.165) is 29.5 Å². The highest BCUT2D eigenvalue weighted by molar-refractivity contribution is 5.73. The molecule has 1 aromatic rings. The first-order valence-corrected chi connectivity index (χ1v) is 8.06. The number of hydrogen-bond donors (Lipinski definition) is 2. The van der Waals surface area contributed by atoms with E-state index < -0.39 is 0 Å². The Morgan fingerprint density at radius 3 is 2.59 bits per heavy atom. The van der Waals surface area contributed by atoms with Crippen molar-refractivity contribution in [2.24, 2.45) is 0 Å². The maximum Gasteiger partial charge on any atom is 0.310 e. The molecule has 22 heavy (non-hydrogen) atoms. The Morgan fingerprint density at radius 1 is 1.27 bits per heavy atom. The lowest BCUT2D eigenvalue weighted by Gasteiger charge is -2.35. The van der Waals surface area contributed by atoms with Crippen LogP contribution in [0.2, 0.25) is 0 Å². The molecule has 2 N–H and O–H groups in total. The average molecular weight is 306 g/mol. The maximum absolute atomic E-state index is 11.7. The number of aromatic hydroxyl groups is 1. The first-order chi connectivity index (χ1) is 10.5. The third-order valence-corrected chi connectivity index (χ3v) is 4.67. The van der Waals surface area contributed by atoms with Gasteiger partial charge < -0.3 is 14.9 Å². The highest BCUT2D eigenvalue weighted by Crippen LogP contribution is 2.44. The fourth-order valence-corrected chi connectivity index (χ4v) is 3.40. The summed E-state index contributed by atoms with van der Waals surface area (Å²) in [5, 5.41) is 19.2. The second-order valence-corrected chi connectivity index (χ2v) is 6.55. The van der Waals surface area contributed by atoms with Crippen molar-refractivity contribution in [1.82, 2.24) is 0 Å². The topological polar surface area (TPSA) is 66.8 Å². The molecule has 0 amide bonds. The van der Waals surface area contributed by atoms with E-state index in [4.69, 9.17) is 9.84 Å². The number of benzene rings is 1. The van der Waals surface area contributed by atoms with Gasteiger partial charge in [0.15, 0.2) is 0 Å². The molecule has 2 rings (SSSR count). The van der Waals surface area contributed by atoms with Gasteiger partial charge in [-0.15, -0.1) is 0 Å². The molecule has 1 fully saturated rings. The van der Waals surface area contributed by atoms with Crippen LogP contribution in [-0.2, 0) is 21.4 Å². The summed E-state index contributed by atoms with van der Waals surface area (Å²) >= 11 is 0. The minimum atomic E-state index is -0.348. The number of phenolic OH excluding ortho intramolecular Hbond substituents is 1. The van der Waals surface area contributed by atoms with Crippen LogP contribution in [0.5, 0.6) is 5.75 Å². The summed E-state index contributed by atoms with van der Waals surface area (Å²) in [6.07, 6.45) is 5.92. The number of ether oxygens (including phenoxy) is 1. The number of esters is 1. The zero-order valence-electron chi connectivity index (χ0n) is 13.5. The van der Waals surface area contributed by atoms with Crippen molar-refractivity contribution in [2.45, 2.75) is 57.8 Å². The lowest BCUT2D eigenvalue weighted by atomic mass is 9.70. The fraction of sp³-hybridized carbons (Fsp3) is 0.611. The lowest BCUT2D eigenvalue weighted by molar-refractivity contribution is -0.143. The molecule has 1 aliphatic rings. The van der Waals surface area contributed by atoms with Crippen molar-refractivity contribution < 1.29 is 19.7 Å². The number of aryl methyl sites for hydroxylation is 1. The van der Waals surface area contributed by atoms with E-state index in [1.807, 2.05) is 19.1 Å². The van der Waals surface area contributed by atoms with Gasteiger partial charge in [-0.25, -0.2) is 0 Å². The van der Waals surface area contributed by atoms with Crippen molar-refractivity contribution in [3.8, 4) is 5.75 Å². The van der Waals surface area contributed by atoms with Gasteiger partial charge in [0.05, 0.1) is 13.0 Å². The molecule has 4 nitrogen and oxygen atoms in total. The zero-order valence-corrected chi connectivity index (χ0v) is 13.5. The summed E-state index contributed by atoms with van der Waals surface area (Å²) in [4.78, 5) is 11.7. The van der Waals surface area contributed by atoms with E-state index >= 15 is 0 Å². The molecular formula is C18H26O4. The normalized spacial score (nSPS) is 17.2. The van der Waals surface area contributed by atoms with Gasteiger partial charge in [-0.3, -0.25) is 4.79 Å². The Hall–Kier alpha value is -1.55. The van der Waals surface area contributed by atoms with Gasteiger partial charge in [0.1, 0.15) is 12.4 Å².